The number of carbonyl (C=O) groups excluding carboxylic acids is 2. The molecule has 0 radical (unpaired) electrons. The van der Waals surface area contributed by atoms with Crippen LogP contribution in [0.15, 0.2) is 0 Å². The van der Waals surface area contributed by atoms with Crippen molar-refractivity contribution < 1.29 is 19.1 Å². The van der Waals surface area contributed by atoms with E-state index in [9.17, 15) is 9.59 Å². The average Bonchev–Trinajstić information content (AvgIpc) is 2.53. The van der Waals surface area contributed by atoms with E-state index in [1.807, 2.05) is 39.5 Å². The molecule has 0 aromatic heterocycles. The summed E-state index contributed by atoms with van der Waals surface area (Å²) in [4.78, 5) is 28.3. The summed E-state index contributed by atoms with van der Waals surface area (Å²) < 4.78 is 10.4. The van der Waals surface area contributed by atoms with Crippen molar-refractivity contribution in [3.05, 3.63) is 0 Å². The summed E-state index contributed by atoms with van der Waals surface area (Å²) in [7, 11) is 1.45. The van der Waals surface area contributed by atoms with Gasteiger partial charge < -0.3 is 14.4 Å². The lowest BCUT2D eigenvalue weighted by Gasteiger charge is -2.49. The van der Waals surface area contributed by atoms with Crippen molar-refractivity contribution in [3.63, 3.8) is 0 Å². The van der Waals surface area contributed by atoms with Gasteiger partial charge in [-0.05, 0) is 78.8 Å². The number of ether oxygens (including phenoxy) is 2. The molecule has 0 aromatic carbocycles. The van der Waals surface area contributed by atoms with Gasteiger partial charge in [0.25, 0.3) is 0 Å². The van der Waals surface area contributed by atoms with Gasteiger partial charge in [0.15, 0.2) is 0 Å². The minimum Gasteiger partial charge on any atom is -0.468 e. The van der Waals surface area contributed by atoms with Gasteiger partial charge in [-0.2, -0.15) is 0 Å². The number of hydrogen-bond acceptors (Lipinski definition) is 5. The average molecular weight is 354 g/mol. The molecule has 0 atom stereocenters. The van der Waals surface area contributed by atoms with Crippen molar-refractivity contribution in [2.45, 2.75) is 71.4 Å². The Morgan fingerprint density at radius 2 is 1.36 bits per heavy atom. The second kappa shape index (κ2) is 7.14. The van der Waals surface area contributed by atoms with Crippen molar-refractivity contribution >= 4 is 12.1 Å². The van der Waals surface area contributed by atoms with Crippen molar-refractivity contribution in [1.82, 2.24) is 9.80 Å². The summed E-state index contributed by atoms with van der Waals surface area (Å²) in [5.74, 6) is -0.178. The normalized spacial score (nSPS) is 21.9. The highest BCUT2D eigenvalue weighted by atomic mass is 16.6. The van der Waals surface area contributed by atoms with Crippen LogP contribution < -0.4 is 0 Å². The van der Waals surface area contributed by atoms with Crippen LogP contribution in [-0.2, 0) is 14.3 Å². The van der Waals surface area contributed by atoms with Crippen LogP contribution in [0.25, 0.3) is 0 Å². The molecule has 2 heterocycles. The Morgan fingerprint density at radius 3 is 1.80 bits per heavy atom. The zero-order valence-electron chi connectivity index (χ0n) is 16.7. The molecule has 2 aliphatic rings. The van der Waals surface area contributed by atoms with Gasteiger partial charge in [0.05, 0.1) is 7.11 Å². The van der Waals surface area contributed by atoms with Gasteiger partial charge in [0.2, 0.25) is 0 Å². The van der Waals surface area contributed by atoms with Gasteiger partial charge >= 0.3 is 12.1 Å². The lowest BCUT2D eigenvalue weighted by molar-refractivity contribution is -0.155. The Labute approximate surface area is 151 Å². The lowest BCUT2D eigenvalue weighted by atomic mass is 9.70. The highest BCUT2D eigenvalue weighted by Crippen LogP contribution is 2.42. The number of rotatable bonds is 2. The number of likely N-dealkylation sites (tertiary alicyclic amines) is 2. The summed E-state index contributed by atoms with van der Waals surface area (Å²) >= 11 is 0. The smallest absolute Gasteiger partial charge is 0.410 e. The molecule has 25 heavy (non-hydrogen) atoms. The monoisotopic (exact) mass is 354 g/mol. The zero-order chi connectivity index (χ0) is 18.9. The molecule has 0 aromatic rings. The van der Waals surface area contributed by atoms with Crippen molar-refractivity contribution in [2.75, 3.05) is 33.3 Å². The predicted molar refractivity (Wildman–Crippen MR) is 96.4 cm³/mol. The molecule has 1 amide bonds. The standard InChI is InChI=1S/C19H34N2O4/c1-17(2,3)25-16(23)20-11-7-19(8-12-20)9-13-21(14-10-19)18(4,5)15(22)24-6/h7-14H2,1-6H3. The fourth-order valence-electron chi connectivity index (χ4n) is 3.91. The van der Waals surface area contributed by atoms with E-state index in [0.29, 0.717) is 5.41 Å². The molecule has 0 bridgehead atoms. The molecule has 2 saturated heterocycles. The van der Waals surface area contributed by atoms with Crippen LogP contribution >= 0.6 is 0 Å². The Hall–Kier alpha value is -1.30. The van der Waals surface area contributed by atoms with Gasteiger partial charge in [-0.3, -0.25) is 9.69 Å². The number of piperidine rings is 2. The first-order valence-electron chi connectivity index (χ1n) is 9.31. The van der Waals surface area contributed by atoms with Gasteiger partial charge in [-0.25, -0.2) is 4.79 Å². The van der Waals surface area contributed by atoms with E-state index in [0.717, 1.165) is 51.9 Å². The van der Waals surface area contributed by atoms with E-state index in [2.05, 4.69) is 4.90 Å². The van der Waals surface area contributed by atoms with Crippen LogP contribution in [0.3, 0.4) is 0 Å². The maximum absolute atomic E-state index is 12.2. The molecule has 6 heteroatoms. The fraction of sp³-hybridized carbons (Fsp3) is 0.895. The van der Waals surface area contributed by atoms with Crippen LogP contribution in [0.1, 0.15) is 60.3 Å². The molecule has 2 aliphatic heterocycles. The van der Waals surface area contributed by atoms with Gasteiger partial charge in [-0.1, -0.05) is 0 Å². The molecule has 2 rings (SSSR count). The third-order valence-corrected chi connectivity index (χ3v) is 5.78. The highest BCUT2D eigenvalue weighted by Gasteiger charge is 2.44. The Morgan fingerprint density at radius 1 is 0.880 bits per heavy atom. The number of nitrogens with zero attached hydrogens (tertiary/aromatic N) is 2. The first kappa shape index (κ1) is 20.0. The lowest BCUT2D eigenvalue weighted by Crippen LogP contribution is -2.56. The first-order valence-corrected chi connectivity index (χ1v) is 9.31. The van der Waals surface area contributed by atoms with Crippen molar-refractivity contribution in [1.29, 1.82) is 0 Å². The topological polar surface area (TPSA) is 59.1 Å². The highest BCUT2D eigenvalue weighted by molar-refractivity contribution is 5.79. The summed E-state index contributed by atoms with van der Waals surface area (Å²) in [5, 5.41) is 0. The van der Waals surface area contributed by atoms with Gasteiger partial charge in [0.1, 0.15) is 11.1 Å². The van der Waals surface area contributed by atoms with E-state index in [1.54, 1.807) is 0 Å². The number of carbonyl (C=O) groups is 2. The maximum atomic E-state index is 12.2. The quantitative estimate of drug-likeness (QED) is 0.713. The number of methoxy groups -OCH3 is 1. The van der Waals surface area contributed by atoms with Gasteiger partial charge in [-0.15, -0.1) is 0 Å². The first-order chi connectivity index (χ1) is 11.5. The largest absolute Gasteiger partial charge is 0.468 e. The molecule has 0 unspecified atom stereocenters. The summed E-state index contributed by atoms with van der Waals surface area (Å²) in [6.45, 7) is 12.9. The molecule has 2 fully saturated rings. The van der Waals surface area contributed by atoms with Crippen molar-refractivity contribution in [3.8, 4) is 0 Å². The molecule has 1 spiro atoms. The molecule has 0 N–H and O–H groups in total. The summed E-state index contributed by atoms with van der Waals surface area (Å²) in [5.41, 5.74) is -0.730. The van der Waals surface area contributed by atoms with Crippen LogP contribution in [0.4, 0.5) is 4.79 Å². The second-order valence-electron chi connectivity index (χ2n) is 9.01. The Balaban J connectivity index is 1.87. The van der Waals surface area contributed by atoms with Crippen LogP contribution in [0.2, 0.25) is 0 Å². The molecule has 6 nitrogen and oxygen atoms in total. The molecular formula is C19H34N2O4. The predicted octanol–water partition coefficient (Wildman–Crippen LogP) is 3.05. The molecule has 144 valence electrons. The second-order valence-corrected chi connectivity index (χ2v) is 9.01. The Bertz CT molecular complexity index is 492. The van der Waals surface area contributed by atoms with Gasteiger partial charge in [0, 0.05) is 13.1 Å². The number of esters is 1. The Kier molecular flexibility index (Phi) is 5.71. The maximum Gasteiger partial charge on any atom is 0.410 e. The molecule has 0 aliphatic carbocycles. The summed E-state index contributed by atoms with van der Waals surface area (Å²) in [6.07, 6.45) is 3.95. The third-order valence-electron chi connectivity index (χ3n) is 5.78. The van der Waals surface area contributed by atoms with Crippen LogP contribution in [-0.4, -0.2) is 66.3 Å². The van der Waals surface area contributed by atoms with E-state index < -0.39 is 11.1 Å². The number of hydrogen-bond donors (Lipinski definition) is 0. The SMILES string of the molecule is COC(=O)C(C)(C)N1CCC2(CCN(C(=O)OC(C)(C)C)CC2)CC1. The minimum atomic E-state index is -0.576. The molecular weight excluding hydrogens is 320 g/mol. The molecule has 0 saturated carbocycles. The zero-order valence-corrected chi connectivity index (χ0v) is 16.7. The van der Waals surface area contributed by atoms with Crippen molar-refractivity contribution in [2.24, 2.45) is 5.41 Å². The van der Waals surface area contributed by atoms with E-state index in [1.165, 1.54) is 7.11 Å². The third kappa shape index (κ3) is 4.66. The summed E-state index contributed by atoms with van der Waals surface area (Å²) in [6, 6.07) is 0. The minimum absolute atomic E-state index is 0.178. The number of amides is 1. The fourth-order valence-corrected chi connectivity index (χ4v) is 3.91. The van der Waals surface area contributed by atoms with E-state index >= 15 is 0 Å². The van der Waals surface area contributed by atoms with E-state index in [-0.39, 0.29) is 12.1 Å². The van der Waals surface area contributed by atoms with Crippen LogP contribution in [0, 0.1) is 5.41 Å². The van der Waals surface area contributed by atoms with E-state index in [4.69, 9.17) is 9.47 Å². The van der Waals surface area contributed by atoms with Crippen LogP contribution in [0.5, 0.6) is 0 Å².